The number of carbonyl (C=O) groups is 1. The van der Waals surface area contributed by atoms with E-state index in [0.29, 0.717) is 17.0 Å². The van der Waals surface area contributed by atoms with Crippen LogP contribution in [0, 0.1) is 0 Å². The molecule has 0 fully saturated rings. The molecule has 2 heterocycles. The molecule has 0 radical (unpaired) electrons. The van der Waals surface area contributed by atoms with E-state index in [-0.39, 0.29) is 11.7 Å². The monoisotopic (exact) mass is 280 g/mol. The highest BCUT2D eigenvalue weighted by Gasteiger charge is 2.13. The number of benzene rings is 1. The summed E-state index contributed by atoms with van der Waals surface area (Å²) in [5.41, 5.74) is 3.27. The Labute approximate surface area is 122 Å². The van der Waals surface area contributed by atoms with E-state index in [0.717, 1.165) is 5.69 Å². The highest BCUT2D eigenvalue weighted by Crippen LogP contribution is 2.20. The van der Waals surface area contributed by atoms with Crippen molar-refractivity contribution in [2.45, 2.75) is 19.8 Å². The molecular formula is C17H16N2O2. The van der Waals surface area contributed by atoms with E-state index in [1.807, 2.05) is 24.3 Å². The summed E-state index contributed by atoms with van der Waals surface area (Å²) in [5.74, 6) is 0.457. The van der Waals surface area contributed by atoms with E-state index < -0.39 is 0 Å². The quantitative estimate of drug-likeness (QED) is 0.782. The lowest BCUT2D eigenvalue weighted by molar-refractivity contribution is 0.0998. The predicted octanol–water partition coefficient (Wildman–Crippen LogP) is 4.20. The molecule has 4 nitrogen and oxygen atoms in total. The molecule has 21 heavy (non-hydrogen) atoms. The number of fused-ring (bicyclic) bond motifs is 1. The fourth-order valence-electron chi connectivity index (χ4n) is 2.13. The molecule has 4 heteroatoms. The second-order valence-electron chi connectivity index (χ2n) is 5.23. The third kappa shape index (κ3) is 2.79. The molecule has 106 valence electrons. The van der Waals surface area contributed by atoms with Crippen LogP contribution >= 0.6 is 0 Å². The van der Waals surface area contributed by atoms with Gasteiger partial charge in [-0.25, -0.2) is 0 Å². The number of anilines is 1. The number of hydrogen-bond acceptors (Lipinski definition) is 3. The van der Waals surface area contributed by atoms with Crippen molar-refractivity contribution in [2.75, 3.05) is 5.32 Å². The van der Waals surface area contributed by atoms with Crippen molar-refractivity contribution in [1.82, 2.24) is 4.98 Å². The zero-order valence-corrected chi connectivity index (χ0v) is 12.0. The second-order valence-corrected chi connectivity index (χ2v) is 5.23. The molecule has 1 N–H and O–H groups in total. The fraction of sp³-hybridized carbons (Fsp3) is 0.176. The third-order valence-corrected chi connectivity index (χ3v) is 3.35. The van der Waals surface area contributed by atoms with Gasteiger partial charge in [0.05, 0.1) is 0 Å². The minimum absolute atomic E-state index is 0.261. The van der Waals surface area contributed by atoms with Gasteiger partial charge in [0, 0.05) is 18.0 Å². The van der Waals surface area contributed by atoms with Crippen molar-refractivity contribution in [3.05, 3.63) is 60.0 Å². The maximum absolute atomic E-state index is 12.2. The Morgan fingerprint density at radius 3 is 2.62 bits per heavy atom. The Bertz CT molecular complexity index is 740. The van der Waals surface area contributed by atoms with Crippen molar-refractivity contribution in [3.8, 4) is 0 Å². The SMILES string of the molecule is CC(C)c1ccc(NC(=O)c2cc3ncccc3o2)cc1. The number of furan rings is 1. The van der Waals surface area contributed by atoms with Crippen LogP contribution in [-0.2, 0) is 0 Å². The Hall–Kier alpha value is -2.62. The van der Waals surface area contributed by atoms with E-state index in [9.17, 15) is 4.79 Å². The predicted molar refractivity (Wildman–Crippen MR) is 82.5 cm³/mol. The number of rotatable bonds is 3. The average Bonchev–Trinajstić information content (AvgIpc) is 2.92. The van der Waals surface area contributed by atoms with Crippen LogP contribution in [0.5, 0.6) is 0 Å². The summed E-state index contributed by atoms with van der Waals surface area (Å²) in [6, 6.07) is 13.0. The van der Waals surface area contributed by atoms with E-state index in [2.05, 4.69) is 24.1 Å². The van der Waals surface area contributed by atoms with E-state index in [4.69, 9.17) is 4.42 Å². The Morgan fingerprint density at radius 1 is 1.19 bits per heavy atom. The van der Waals surface area contributed by atoms with Gasteiger partial charge < -0.3 is 9.73 Å². The van der Waals surface area contributed by atoms with Gasteiger partial charge >= 0.3 is 0 Å². The lowest BCUT2D eigenvalue weighted by atomic mass is 10.0. The molecule has 1 amide bonds. The first-order valence-electron chi connectivity index (χ1n) is 6.89. The topological polar surface area (TPSA) is 55.1 Å². The molecule has 0 atom stereocenters. The Morgan fingerprint density at radius 2 is 1.95 bits per heavy atom. The number of amides is 1. The zero-order valence-electron chi connectivity index (χ0n) is 12.0. The number of pyridine rings is 1. The number of nitrogens with one attached hydrogen (secondary N) is 1. The first-order valence-corrected chi connectivity index (χ1v) is 6.89. The zero-order chi connectivity index (χ0) is 14.8. The molecule has 0 aliphatic heterocycles. The summed E-state index contributed by atoms with van der Waals surface area (Å²) >= 11 is 0. The number of nitrogens with zero attached hydrogens (tertiary/aromatic N) is 1. The van der Waals surface area contributed by atoms with Gasteiger partial charge in [0.2, 0.25) is 0 Å². The van der Waals surface area contributed by atoms with Gasteiger partial charge in [-0.3, -0.25) is 9.78 Å². The van der Waals surface area contributed by atoms with Crippen LogP contribution in [-0.4, -0.2) is 10.9 Å². The molecule has 0 aliphatic carbocycles. The van der Waals surface area contributed by atoms with Crippen molar-refractivity contribution >= 4 is 22.7 Å². The van der Waals surface area contributed by atoms with Gasteiger partial charge in [-0.15, -0.1) is 0 Å². The van der Waals surface area contributed by atoms with Gasteiger partial charge in [0.25, 0.3) is 5.91 Å². The van der Waals surface area contributed by atoms with E-state index in [1.54, 1.807) is 24.4 Å². The van der Waals surface area contributed by atoms with Crippen LogP contribution in [0.1, 0.15) is 35.9 Å². The summed E-state index contributed by atoms with van der Waals surface area (Å²) < 4.78 is 5.49. The second kappa shape index (κ2) is 5.40. The maximum Gasteiger partial charge on any atom is 0.291 e. The third-order valence-electron chi connectivity index (χ3n) is 3.35. The Kier molecular flexibility index (Phi) is 3.44. The van der Waals surface area contributed by atoms with Crippen molar-refractivity contribution in [3.63, 3.8) is 0 Å². The maximum atomic E-state index is 12.2. The normalized spacial score (nSPS) is 11.0. The van der Waals surface area contributed by atoms with Gasteiger partial charge in [0.1, 0.15) is 5.52 Å². The minimum Gasteiger partial charge on any atom is -0.449 e. The highest BCUT2D eigenvalue weighted by molar-refractivity contribution is 6.04. The Balaban J connectivity index is 1.79. The summed E-state index contributed by atoms with van der Waals surface area (Å²) in [4.78, 5) is 16.3. The molecule has 0 saturated carbocycles. The minimum atomic E-state index is -0.273. The lowest BCUT2D eigenvalue weighted by Gasteiger charge is -2.07. The summed E-state index contributed by atoms with van der Waals surface area (Å²) in [7, 11) is 0. The number of aromatic nitrogens is 1. The number of carbonyl (C=O) groups excluding carboxylic acids is 1. The van der Waals surface area contributed by atoms with E-state index >= 15 is 0 Å². The highest BCUT2D eigenvalue weighted by atomic mass is 16.3. The van der Waals surface area contributed by atoms with Crippen LogP contribution < -0.4 is 5.32 Å². The molecule has 3 rings (SSSR count). The van der Waals surface area contributed by atoms with Crippen LogP contribution in [0.3, 0.4) is 0 Å². The average molecular weight is 280 g/mol. The molecular weight excluding hydrogens is 264 g/mol. The van der Waals surface area contributed by atoms with Crippen LogP contribution in [0.2, 0.25) is 0 Å². The first kappa shape index (κ1) is 13.4. The van der Waals surface area contributed by atoms with Crippen molar-refractivity contribution in [2.24, 2.45) is 0 Å². The standard InChI is InChI=1S/C17H16N2O2/c1-11(2)12-5-7-13(8-6-12)19-17(20)16-10-14-15(21-16)4-3-9-18-14/h3-11H,1-2H3,(H,19,20). The van der Waals surface area contributed by atoms with Gasteiger partial charge in [-0.05, 0) is 35.7 Å². The molecule has 0 bridgehead atoms. The van der Waals surface area contributed by atoms with Gasteiger partial charge in [0.15, 0.2) is 11.3 Å². The first-order chi connectivity index (χ1) is 10.1. The molecule has 2 aromatic heterocycles. The summed E-state index contributed by atoms with van der Waals surface area (Å²) in [5, 5.41) is 2.82. The van der Waals surface area contributed by atoms with Crippen LogP contribution in [0.4, 0.5) is 5.69 Å². The summed E-state index contributed by atoms with van der Waals surface area (Å²) in [6.07, 6.45) is 1.67. The summed E-state index contributed by atoms with van der Waals surface area (Å²) in [6.45, 7) is 4.27. The molecule has 0 unspecified atom stereocenters. The van der Waals surface area contributed by atoms with Crippen molar-refractivity contribution in [1.29, 1.82) is 0 Å². The lowest BCUT2D eigenvalue weighted by Crippen LogP contribution is -2.10. The largest absolute Gasteiger partial charge is 0.449 e. The van der Waals surface area contributed by atoms with Crippen LogP contribution in [0.25, 0.3) is 11.1 Å². The van der Waals surface area contributed by atoms with Gasteiger partial charge in [-0.2, -0.15) is 0 Å². The number of hydrogen-bond donors (Lipinski definition) is 1. The smallest absolute Gasteiger partial charge is 0.291 e. The molecule has 3 aromatic rings. The molecule has 0 saturated heterocycles. The molecule has 0 aliphatic rings. The molecule has 0 spiro atoms. The molecule has 1 aromatic carbocycles. The van der Waals surface area contributed by atoms with Crippen LogP contribution in [0.15, 0.2) is 53.1 Å². The fourth-order valence-corrected chi connectivity index (χ4v) is 2.13. The van der Waals surface area contributed by atoms with Crippen molar-refractivity contribution < 1.29 is 9.21 Å². The van der Waals surface area contributed by atoms with Gasteiger partial charge in [-0.1, -0.05) is 26.0 Å². The van der Waals surface area contributed by atoms with E-state index in [1.165, 1.54) is 5.56 Å².